The van der Waals surface area contributed by atoms with Gasteiger partial charge in [-0.1, -0.05) is 0 Å². The Morgan fingerprint density at radius 1 is 1.44 bits per heavy atom. The van der Waals surface area contributed by atoms with Crippen molar-refractivity contribution in [3.05, 3.63) is 28.2 Å². The monoisotopic (exact) mass is 335 g/mol. The van der Waals surface area contributed by atoms with Gasteiger partial charge in [0.05, 0.1) is 17.1 Å². The van der Waals surface area contributed by atoms with Crippen LogP contribution in [-0.2, 0) is 14.8 Å². The number of carboxylic acids is 1. The van der Waals surface area contributed by atoms with Crippen LogP contribution >= 0.6 is 15.9 Å². The van der Waals surface area contributed by atoms with E-state index in [1.807, 2.05) is 0 Å². The largest absolute Gasteiger partial charge is 0.478 e. The van der Waals surface area contributed by atoms with Gasteiger partial charge in [0.2, 0.25) is 10.0 Å². The molecular weight excluding hydrogens is 326 g/mol. The fraction of sp³-hybridized carbons (Fsp3) is 0.300. The highest BCUT2D eigenvalue weighted by atomic mass is 79.9. The Morgan fingerprint density at radius 2 is 2.17 bits per heavy atom. The van der Waals surface area contributed by atoms with Gasteiger partial charge in [-0.2, -0.15) is 4.31 Å². The van der Waals surface area contributed by atoms with Crippen molar-refractivity contribution in [3.8, 4) is 0 Å². The van der Waals surface area contributed by atoms with Crippen molar-refractivity contribution in [2.75, 3.05) is 19.9 Å². The summed E-state index contributed by atoms with van der Waals surface area (Å²) < 4.78 is 30.8. The summed E-state index contributed by atoms with van der Waals surface area (Å²) in [6.07, 6.45) is 0. The van der Waals surface area contributed by atoms with Crippen molar-refractivity contribution in [1.29, 1.82) is 0 Å². The molecule has 2 rings (SSSR count). The minimum absolute atomic E-state index is 0.0233. The minimum Gasteiger partial charge on any atom is -0.478 e. The first-order valence-corrected chi connectivity index (χ1v) is 7.27. The Bertz CT molecular complexity index is 580. The van der Waals surface area contributed by atoms with E-state index in [4.69, 9.17) is 9.84 Å². The number of rotatable bonds is 3. The van der Waals surface area contributed by atoms with Gasteiger partial charge in [0.25, 0.3) is 0 Å². The van der Waals surface area contributed by atoms with Crippen molar-refractivity contribution in [2.45, 2.75) is 4.90 Å². The zero-order valence-corrected chi connectivity index (χ0v) is 11.6. The number of carboxylic acid groups (broad SMARTS) is 1. The fourth-order valence-corrected chi connectivity index (χ4v) is 3.91. The molecule has 0 bridgehead atoms. The molecule has 0 atom stereocenters. The maximum absolute atomic E-state index is 12.2. The van der Waals surface area contributed by atoms with Gasteiger partial charge in [-0.15, -0.1) is 0 Å². The lowest BCUT2D eigenvalue weighted by atomic mass is 10.2. The number of sulfonamides is 1. The molecule has 0 aliphatic carbocycles. The summed E-state index contributed by atoms with van der Waals surface area (Å²) in [5.41, 5.74) is 0.0264. The summed E-state index contributed by atoms with van der Waals surface area (Å²) in [6.45, 7) is 0.689. The topological polar surface area (TPSA) is 83.9 Å². The van der Waals surface area contributed by atoms with Crippen molar-refractivity contribution in [3.63, 3.8) is 0 Å². The van der Waals surface area contributed by atoms with Crippen LogP contribution in [0.15, 0.2) is 27.6 Å². The van der Waals surface area contributed by atoms with Gasteiger partial charge in [-0.25, -0.2) is 13.2 Å². The predicted octanol–water partition coefficient (Wildman–Crippen LogP) is 1.13. The summed E-state index contributed by atoms with van der Waals surface area (Å²) in [4.78, 5) is 10.8. The number of benzene rings is 1. The van der Waals surface area contributed by atoms with Crippen LogP contribution in [0.4, 0.5) is 0 Å². The van der Waals surface area contributed by atoms with Gasteiger partial charge in [0, 0.05) is 11.0 Å². The zero-order valence-electron chi connectivity index (χ0n) is 9.17. The van der Waals surface area contributed by atoms with Crippen molar-refractivity contribution in [2.24, 2.45) is 0 Å². The summed E-state index contributed by atoms with van der Waals surface area (Å²) >= 11 is 3.09. The molecule has 0 saturated carbocycles. The molecule has 18 heavy (non-hydrogen) atoms. The highest BCUT2D eigenvalue weighted by molar-refractivity contribution is 9.10. The van der Waals surface area contributed by atoms with Crippen LogP contribution in [0.3, 0.4) is 0 Å². The van der Waals surface area contributed by atoms with E-state index in [1.54, 1.807) is 0 Å². The summed E-state index contributed by atoms with van der Waals surface area (Å²) in [7, 11) is -3.64. The van der Waals surface area contributed by atoms with E-state index in [-0.39, 0.29) is 21.7 Å². The summed E-state index contributed by atoms with van der Waals surface area (Å²) in [6, 6.07) is 3.81. The molecule has 1 aliphatic heterocycles. The van der Waals surface area contributed by atoms with Crippen LogP contribution in [-0.4, -0.2) is 43.7 Å². The van der Waals surface area contributed by atoms with Gasteiger partial charge in [0.15, 0.2) is 0 Å². The van der Waals surface area contributed by atoms with Crippen LogP contribution in [0.25, 0.3) is 0 Å². The molecule has 0 spiro atoms. The van der Waals surface area contributed by atoms with E-state index in [9.17, 15) is 13.2 Å². The molecule has 1 aromatic rings. The van der Waals surface area contributed by atoms with Gasteiger partial charge in [-0.3, -0.25) is 0 Å². The van der Waals surface area contributed by atoms with Gasteiger partial charge in [-0.05, 0) is 34.1 Å². The molecule has 1 fully saturated rings. The third-order valence-corrected chi connectivity index (χ3v) is 5.32. The molecule has 8 heteroatoms. The van der Waals surface area contributed by atoms with E-state index < -0.39 is 16.0 Å². The highest BCUT2D eigenvalue weighted by Crippen LogP contribution is 2.27. The molecule has 98 valence electrons. The Labute approximate surface area is 112 Å². The maximum Gasteiger partial charge on any atom is 0.335 e. The minimum atomic E-state index is -3.64. The molecule has 1 aromatic carbocycles. The normalized spacial score (nSPS) is 16.9. The van der Waals surface area contributed by atoms with Crippen LogP contribution in [0, 0.1) is 0 Å². The van der Waals surface area contributed by atoms with Crippen LogP contribution in [0.1, 0.15) is 10.4 Å². The molecular formula is C10H10BrNO5S. The van der Waals surface area contributed by atoms with E-state index in [0.717, 1.165) is 0 Å². The third kappa shape index (κ3) is 2.41. The molecule has 0 amide bonds. The van der Waals surface area contributed by atoms with Gasteiger partial charge in [0.1, 0.15) is 6.73 Å². The van der Waals surface area contributed by atoms with Crippen molar-refractivity contribution >= 4 is 31.9 Å². The molecule has 1 aliphatic rings. The average molecular weight is 336 g/mol. The predicted molar refractivity (Wildman–Crippen MR) is 65.8 cm³/mol. The molecule has 1 N–H and O–H groups in total. The van der Waals surface area contributed by atoms with Crippen molar-refractivity contribution < 1.29 is 23.1 Å². The number of carbonyl (C=O) groups is 1. The first-order valence-electron chi connectivity index (χ1n) is 5.03. The lowest BCUT2D eigenvalue weighted by molar-refractivity contribution is 0.0696. The maximum atomic E-state index is 12.2. The van der Waals surface area contributed by atoms with E-state index in [1.165, 1.54) is 22.5 Å². The Morgan fingerprint density at radius 3 is 2.67 bits per heavy atom. The standard InChI is InChI=1S/C10H10BrNO5S/c11-8-5-7(10(13)14)1-2-9(8)18(15,16)12-3-4-17-6-12/h1-2,5H,3-4,6H2,(H,13,14). The molecule has 0 unspecified atom stereocenters. The quantitative estimate of drug-likeness (QED) is 0.894. The molecule has 0 aromatic heterocycles. The molecule has 6 nitrogen and oxygen atoms in total. The third-order valence-electron chi connectivity index (χ3n) is 2.52. The number of aromatic carboxylic acids is 1. The van der Waals surface area contributed by atoms with E-state index in [2.05, 4.69) is 15.9 Å². The lowest BCUT2D eigenvalue weighted by Gasteiger charge is -2.15. The number of hydrogen-bond donors (Lipinski definition) is 1. The SMILES string of the molecule is O=C(O)c1ccc(S(=O)(=O)N2CCOC2)c(Br)c1. The number of ether oxygens (including phenoxy) is 1. The second-order valence-corrected chi connectivity index (χ2v) is 6.43. The Balaban J connectivity index is 2.42. The van der Waals surface area contributed by atoms with Gasteiger partial charge < -0.3 is 9.84 Å². The van der Waals surface area contributed by atoms with E-state index in [0.29, 0.717) is 13.2 Å². The fourth-order valence-electron chi connectivity index (χ4n) is 1.57. The second kappa shape index (κ2) is 4.96. The first kappa shape index (κ1) is 13.5. The summed E-state index contributed by atoms with van der Waals surface area (Å²) in [5.74, 6) is -1.11. The Hall–Kier alpha value is -0.960. The molecule has 0 radical (unpaired) electrons. The number of nitrogens with zero attached hydrogens (tertiary/aromatic N) is 1. The Kier molecular flexibility index (Phi) is 3.71. The second-order valence-electron chi connectivity index (χ2n) is 3.67. The van der Waals surface area contributed by atoms with Crippen LogP contribution in [0.5, 0.6) is 0 Å². The van der Waals surface area contributed by atoms with E-state index >= 15 is 0 Å². The smallest absolute Gasteiger partial charge is 0.335 e. The van der Waals surface area contributed by atoms with Crippen LogP contribution in [0.2, 0.25) is 0 Å². The molecule has 1 saturated heterocycles. The highest BCUT2D eigenvalue weighted by Gasteiger charge is 2.29. The molecule has 1 heterocycles. The first-order chi connectivity index (χ1) is 8.43. The van der Waals surface area contributed by atoms with Gasteiger partial charge >= 0.3 is 5.97 Å². The number of hydrogen-bond acceptors (Lipinski definition) is 4. The van der Waals surface area contributed by atoms with Crippen LogP contribution < -0.4 is 0 Å². The summed E-state index contributed by atoms with van der Waals surface area (Å²) in [5, 5.41) is 8.81. The zero-order chi connectivity index (χ0) is 13.3. The van der Waals surface area contributed by atoms with Crippen molar-refractivity contribution in [1.82, 2.24) is 4.31 Å². The number of halogens is 1. The average Bonchev–Trinajstić information content (AvgIpc) is 2.82. The lowest BCUT2D eigenvalue weighted by Crippen LogP contribution is -2.28.